The minimum atomic E-state index is -3.06. The molecule has 0 aromatic rings. The Hall–Kier alpha value is -0.170. The third kappa shape index (κ3) is 7.16. The van der Waals surface area contributed by atoms with Gasteiger partial charge in [0.1, 0.15) is 0 Å². The van der Waals surface area contributed by atoms with E-state index in [9.17, 15) is 8.42 Å². The first-order valence-electron chi connectivity index (χ1n) is 8.45. The first-order chi connectivity index (χ1) is 11.4. The summed E-state index contributed by atoms with van der Waals surface area (Å²) in [5.41, 5.74) is 0. The second kappa shape index (κ2) is 10.9. The maximum atomic E-state index is 11.6. The molecule has 2 aliphatic rings. The number of halogens is 1. The Morgan fingerprint density at radius 1 is 1.32 bits per heavy atom. The zero-order chi connectivity index (χ0) is 17.6. The lowest BCUT2D eigenvalue weighted by molar-refractivity contribution is -0.0447. The van der Waals surface area contributed by atoms with Crippen LogP contribution < -0.4 is 5.32 Å². The van der Waals surface area contributed by atoms with Crippen LogP contribution in [-0.2, 0) is 19.5 Å². The van der Waals surface area contributed by atoms with Gasteiger partial charge in [0.25, 0.3) is 0 Å². The molecule has 2 fully saturated rings. The van der Waals surface area contributed by atoms with E-state index >= 15 is 0 Å². The van der Waals surface area contributed by atoms with Crippen molar-refractivity contribution in [3.8, 4) is 0 Å². The molecule has 1 atom stereocenters. The van der Waals surface area contributed by atoms with Crippen LogP contribution in [0.2, 0.25) is 0 Å². The molecule has 1 N–H and O–H groups in total. The molecule has 0 amide bonds. The molecule has 0 aromatic heterocycles. The van der Waals surface area contributed by atoms with Crippen LogP contribution in [0.3, 0.4) is 0 Å². The number of hydrogen-bond donors (Lipinski definition) is 1. The molecule has 0 aromatic carbocycles. The van der Waals surface area contributed by atoms with Crippen molar-refractivity contribution in [1.29, 1.82) is 0 Å². The molecule has 0 spiro atoms. The number of nitrogens with one attached hydrogen (secondary N) is 1. The van der Waals surface area contributed by atoms with Gasteiger partial charge in [-0.1, -0.05) is 0 Å². The number of aliphatic imine (C=N–C) groups is 1. The van der Waals surface area contributed by atoms with Crippen LogP contribution in [0.15, 0.2) is 4.99 Å². The number of morpholine rings is 1. The summed E-state index contributed by atoms with van der Waals surface area (Å²) in [6.45, 7) is 4.86. The molecule has 10 heteroatoms. The quantitative estimate of drug-likeness (QED) is 0.337. The van der Waals surface area contributed by atoms with E-state index < -0.39 is 10.0 Å². The minimum Gasteiger partial charge on any atom is -0.382 e. The molecule has 0 saturated carbocycles. The maximum absolute atomic E-state index is 11.6. The minimum absolute atomic E-state index is 0. The largest absolute Gasteiger partial charge is 0.382 e. The van der Waals surface area contributed by atoms with Crippen LogP contribution in [0.25, 0.3) is 0 Å². The zero-order valence-electron chi connectivity index (χ0n) is 15.3. The van der Waals surface area contributed by atoms with E-state index in [0.717, 1.165) is 38.4 Å². The summed E-state index contributed by atoms with van der Waals surface area (Å²) in [6, 6.07) is 0. The fourth-order valence-electron chi connectivity index (χ4n) is 3.21. The van der Waals surface area contributed by atoms with Gasteiger partial charge >= 0.3 is 0 Å². The van der Waals surface area contributed by atoms with Gasteiger partial charge in [0.05, 0.1) is 25.6 Å². The maximum Gasteiger partial charge on any atom is 0.211 e. The van der Waals surface area contributed by atoms with Crippen LogP contribution in [-0.4, -0.2) is 96.0 Å². The van der Waals surface area contributed by atoms with Gasteiger partial charge in [-0.3, -0.25) is 4.99 Å². The van der Waals surface area contributed by atoms with Crippen LogP contribution in [0.4, 0.5) is 0 Å². The van der Waals surface area contributed by atoms with Gasteiger partial charge in [-0.05, 0) is 18.8 Å². The van der Waals surface area contributed by atoms with E-state index in [-0.39, 0.29) is 30.1 Å². The number of nitrogens with zero attached hydrogens (tertiary/aromatic N) is 3. The molecule has 148 valence electrons. The number of rotatable bonds is 5. The summed E-state index contributed by atoms with van der Waals surface area (Å²) in [6.07, 6.45) is 3.11. The summed E-state index contributed by atoms with van der Waals surface area (Å²) < 4.78 is 35.5. The van der Waals surface area contributed by atoms with Crippen molar-refractivity contribution in [3.63, 3.8) is 0 Å². The highest BCUT2D eigenvalue weighted by molar-refractivity contribution is 14.0. The molecule has 1 unspecified atom stereocenters. The summed E-state index contributed by atoms with van der Waals surface area (Å²) in [7, 11) is 0.407. The summed E-state index contributed by atoms with van der Waals surface area (Å²) in [4.78, 5) is 6.57. The Bertz CT molecular complexity index is 522. The highest BCUT2D eigenvalue weighted by Gasteiger charge is 2.26. The number of methoxy groups -OCH3 is 1. The molecule has 8 nitrogen and oxygen atoms in total. The Kier molecular flexibility index (Phi) is 9.93. The number of guanidine groups is 1. The number of sulfonamides is 1. The first-order valence-corrected chi connectivity index (χ1v) is 10.3. The van der Waals surface area contributed by atoms with Crippen molar-refractivity contribution in [2.45, 2.75) is 18.9 Å². The van der Waals surface area contributed by atoms with Crippen molar-refractivity contribution < 1.29 is 17.9 Å². The molecule has 2 heterocycles. The van der Waals surface area contributed by atoms with E-state index in [1.165, 1.54) is 6.26 Å². The van der Waals surface area contributed by atoms with Gasteiger partial charge < -0.3 is 19.7 Å². The number of piperidine rings is 1. The van der Waals surface area contributed by atoms with Crippen molar-refractivity contribution in [2.24, 2.45) is 10.9 Å². The van der Waals surface area contributed by atoms with Gasteiger partial charge in [-0.15, -0.1) is 24.0 Å². The third-order valence-corrected chi connectivity index (χ3v) is 5.90. The second-order valence-corrected chi connectivity index (χ2v) is 8.41. The molecular formula is C15H31IN4O4S. The van der Waals surface area contributed by atoms with Crippen LogP contribution >= 0.6 is 24.0 Å². The molecule has 0 bridgehead atoms. The van der Waals surface area contributed by atoms with Crippen LogP contribution in [0, 0.1) is 5.92 Å². The topological polar surface area (TPSA) is 83.5 Å². The van der Waals surface area contributed by atoms with Gasteiger partial charge in [0.15, 0.2) is 5.96 Å². The lowest BCUT2D eigenvalue weighted by Crippen LogP contribution is -2.52. The Morgan fingerprint density at radius 2 is 2.00 bits per heavy atom. The predicted molar refractivity (Wildman–Crippen MR) is 109 cm³/mol. The van der Waals surface area contributed by atoms with Crippen LogP contribution in [0.1, 0.15) is 12.8 Å². The van der Waals surface area contributed by atoms with E-state index in [4.69, 9.17) is 9.47 Å². The van der Waals surface area contributed by atoms with Gasteiger partial charge in [0.2, 0.25) is 10.0 Å². The molecule has 2 aliphatic heterocycles. The van der Waals surface area contributed by atoms with Gasteiger partial charge in [-0.25, -0.2) is 12.7 Å². The second-order valence-electron chi connectivity index (χ2n) is 6.43. The summed E-state index contributed by atoms with van der Waals surface area (Å²) in [5, 5.41) is 3.44. The average molecular weight is 490 g/mol. The van der Waals surface area contributed by atoms with Crippen LogP contribution in [0.5, 0.6) is 0 Å². The molecule has 25 heavy (non-hydrogen) atoms. The summed E-state index contributed by atoms with van der Waals surface area (Å²) >= 11 is 0. The standard InChI is InChI=1S/C15H30N4O4S.HI/c1-16-15(18-8-9-23-14(11-18)12-22-2)17-10-13-4-6-19(7-5-13)24(3,20)21;/h13-14H,4-12H2,1-3H3,(H,16,17);1H. The predicted octanol–water partition coefficient (Wildman–Crippen LogP) is 0.199. The number of ether oxygens (including phenoxy) is 2. The Morgan fingerprint density at radius 3 is 2.56 bits per heavy atom. The van der Waals surface area contributed by atoms with Crippen molar-refractivity contribution >= 4 is 40.0 Å². The lowest BCUT2D eigenvalue weighted by Gasteiger charge is -2.36. The smallest absolute Gasteiger partial charge is 0.211 e. The highest BCUT2D eigenvalue weighted by Crippen LogP contribution is 2.18. The van der Waals surface area contributed by atoms with Crippen molar-refractivity contribution in [1.82, 2.24) is 14.5 Å². The third-order valence-electron chi connectivity index (χ3n) is 4.59. The van der Waals surface area contributed by atoms with E-state index in [1.807, 2.05) is 0 Å². The molecule has 0 aliphatic carbocycles. The fourth-order valence-corrected chi connectivity index (χ4v) is 4.09. The zero-order valence-corrected chi connectivity index (χ0v) is 18.5. The first kappa shape index (κ1) is 22.9. The fraction of sp³-hybridized carbons (Fsp3) is 0.933. The van der Waals surface area contributed by atoms with E-state index in [2.05, 4.69) is 15.2 Å². The average Bonchev–Trinajstić information content (AvgIpc) is 2.56. The van der Waals surface area contributed by atoms with E-state index in [0.29, 0.717) is 32.2 Å². The normalized spacial score (nSPS) is 24.0. The Labute approximate surface area is 168 Å². The van der Waals surface area contributed by atoms with Gasteiger partial charge in [-0.2, -0.15) is 0 Å². The molecule has 2 saturated heterocycles. The monoisotopic (exact) mass is 490 g/mol. The molecule has 0 radical (unpaired) electrons. The van der Waals surface area contributed by atoms with Crippen molar-refractivity contribution in [3.05, 3.63) is 0 Å². The highest BCUT2D eigenvalue weighted by atomic mass is 127. The molecular weight excluding hydrogens is 459 g/mol. The Balaban J connectivity index is 0.00000312. The lowest BCUT2D eigenvalue weighted by atomic mass is 9.98. The molecule has 2 rings (SSSR count). The summed E-state index contributed by atoms with van der Waals surface area (Å²) in [5.74, 6) is 1.35. The number of hydrogen-bond acceptors (Lipinski definition) is 5. The van der Waals surface area contributed by atoms with Crippen molar-refractivity contribution in [2.75, 3.05) is 66.4 Å². The SMILES string of the molecule is CN=C(NCC1CCN(S(C)(=O)=O)CC1)N1CCOC(COC)C1.I. The van der Waals surface area contributed by atoms with Gasteiger partial charge in [0, 0.05) is 46.9 Å². The van der Waals surface area contributed by atoms with E-state index in [1.54, 1.807) is 18.5 Å².